The lowest BCUT2D eigenvalue weighted by molar-refractivity contribution is -0.113. The number of furan rings is 1. The summed E-state index contributed by atoms with van der Waals surface area (Å²) in [6.07, 6.45) is 1.62. The molecular weight excluding hydrogens is 472 g/mol. The van der Waals surface area contributed by atoms with E-state index in [0.717, 1.165) is 21.8 Å². The van der Waals surface area contributed by atoms with Gasteiger partial charge in [-0.05, 0) is 38.5 Å². The van der Waals surface area contributed by atoms with Gasteiger partial charge in [-0.25, -0.2) is 4.79 Å². The SMILES string of the molecule is CCOC(=O)c1sc(-c2ccccc2)cc1NC(=O)CSc1nnc(-c2ccoc2C)n1CC. The third kappa shape index (κ3) is 5.07. The molecule has 0 fully saturated rings. The van der Waals surface area contributed by atoms with Crippen molar-refractivity contribution in [2.24, 2.45) is 0 Å². The Morgan fingerprint density at radius 1 is 1.18 bits per heavy atom. The Morgan fingerprint density at radius 3 is 2.65 bits per heavy atom. The van der Waals surface area contributed by atoms with Crippen LogP contribution in [0.25, 0.3) is 21.8 Å². The van der Waals surface area contributed by atoms with Gasteiger partial charge in [0, 0.05) is 11.4 Å². The summed E-state index contributed by atoms with van der Waals surface area (Å²) in [5.74, 6) is 0.866. The fourth-order valence-corrected chi connectivity index (χ4v) is 5.21. The highest BCUT2D eigenvalue weighted by Crippen LogP contribution is 2.35. The van der Waals surface area contributed by atoms with Gasteiger partial charge in [0.15, 0.2) is 11.0 Å². The molecule has 0 spiro atoms. The molecular formula is C24H24N4O4S2. The summed E-state index contributed by atoms with van der Waals surface area (Å²) in [4.78, 5) is 26.5. The number of ether oxygens (including phenoxy) is 1. The Kier molecular flexibility index (Phi) is 7.49. The van der Waals surface area contributed by atoms with E-state index in [2.05, 4.69) is 15.5 Å². The zero-order valence-electron chi connectivity index (χ0n) is 19.0. The number of amides is 1. The number of aryl methyl sites for hydroxylation is 1. The third-order valence-corrected chi connectivity index (χ3v) is 7.12. The van der Waals surface area contributed by atoms with Gasteiger partial charge in [-0.2, -0.15) is 0 Å². The van der Waals surface area contributed by atoms with Crippen LogP contribution in [0.15, 0.2) is 58.3 Å². The predicted octanol–water partition coefficient (Wildman–Crippen LogP) is 5.50. The molecule has 0 saturated heterocycles. The normalized spacial score (nSPS) is 10.9. The Hall–Kier alpha value is -3.37. The highest BCUT2D eigenvalue weighted by Gasteiger charge is 2.21. The first-order valence-corrected chi connectivity index (χ1v) is 12.6. The third-order valence-electron chi connectivity index (χ3n) is 4.99. The number of anilines is 1. The summed E-state index contributed by atoms with van der Waals surface area (Å²) in [5, 5.41) is 12.0. The molecule has 1 amide bonds. The number of carbonyl (C=O) groups excluding carboxylic acids is 2. The van der Waals surface area contributed by atoms with Crippen LogP contribution >= 0.6 is 23.1 Å². The summed E-state index contributed by atoms with van der Waals surface area (Å²) in [7, 11) is 0. The van der Waals surface area contributed by atoms with Crippen LogP contribution in [0.5, 0.6) is 0 Å². The van der Waals surface area contributed by atoms with Crippen LogP contribution in [0.3, 0.4) is 0 Å². The molecule has 10 heteroatoms. The number of rotatable bonds is 9. The van der Waals surface area contributed by atoms with Crippen molar-refractivity contribution in [2.75, 3.05) is 17.7 Å². The molecule has 0 bridgehead atoms. The molecule has 0 saturated carbocycles. The lowest BCUT2D eigenvalue weighted by Crippen LogP contribution is -2.16. The van der Waals surface area contributed by atoms with E-state index in [9.17, 15) is 9.59 Å². The van der Waals surface area contributed by atoms with Gasteiger partial charge in [-0.15, -0.1) is 21.5 Å². The average Bonchev–Trinajstić information content (AvgIpc) is 3.56. The maximum absolute atomic E-state index is 12.8. The van der Waals surface area contributed by atoms with Gasteiger partial charge in [-0.3, -0.25) is 4.79 Å². The van der Waals surface area contributed by atoms with Gasteiger partial charge in [-0.1, -0.05) is 42.1 Å². The maximum atomic E-state index is 12.8. The van der Waals surface area contributed by atoms with Crippen molar-refractivity contribution in [3.05, 3.63) is 59.4 Å². The Balaban J connectivity index is 1.50. The number of carbonyl (C=O) groups is 2. The second-order valence-electron chi connectivity index (χ2n) is 7.22. The van der Waals surface area contributed by atoms with E-state index in [1.54, 1.807) is 13.2 Å². The quantitative estimate of drug-likeness (QED) is 0.241. The van der Waals surface area contributed by atoms with Gasteiger partial charge < -0.3 is 19.0 Å². The van der Waals surface area contributed by atoms with Crippen LogP contribution in [-0.4, -0.2) is 39.0 Å². The van der Waals surface area contributed by atoms with Gasteiger partial charge in [0.2, 0.25) is 5.91 Å². The van der Waals surface area contributed by atoms with Crippen LogP contribution in [-0.2, 0) is 16.1 Å². The van der Waals surface area contributed by atoms with Crippen molar-refractivity contribution >= 4 is 40.7 Å². The fourth-order valence-electron chi connectivity index (χ4n) is 3.39. The lowest BCUT2D eigenvalue weighted by atomic mass is 10.2. The molecule has 0 aliphatic rings. The summed E-state index contributed by atoms with van der Waals surface area (Å²) >= 11 is 2.58. The minimum absolute atomic E-state index is 0.112. The highest BCUT2D eigenvalue weighted by atomic mass is 32.2. The fraction of sp³-hybridized carbons (Fsp3) is 0.250. The molecule has 0 unspecified atom stereocenters. The molecule has 0 radical (unpaired) electrons. The maximum Gasteiger partial charge on any atom is 0.350 e. The van der Waals surface area contributed by atoms with Crippen molar-refractivity contribution in [3.63, 3.8) is 0 Å². The standard InChI is InChI=1S/C24H24N4O4S2/c1-4-28-22(17-11-12-32-15(17)3)26-27-24(28)33-14-20(29)25-18-13-19(16-9-7-6-8-10-16)34-21(18)23(30)31-5-2/h6-13H,4-5,14H2,1-3H3,(H,25,29). The number of nitrogens with zero attached hydrogens (tertiary/aromatic N) is 3. The van der Waals surface area contributed by atoms with E-state index >= 15 is 0 Å². The molecule has 3 heterocycles. The number of nitrogens with one attached hydrogen (secondary N) is 1. The Morgan fingerprint density at radius 2 is 1.97 bits per heavy atom. The van der Waals surface area contributed by atoms with Crippen LogP contribution in [0.2, 0.25) is 0 Å². The second kappa shape index (κ2) is 10.7. The Bertz CT molecular complexity index is 1290. The molecule has 0 aliphatic heterocycles. The monoisotopic (exact) mass is 496 g/mol. The van der Waals surface area contributed by atoms with Crippen LogP contribution in [0.4, 0.5) is 5.69 Å². The minimum Gasteiger partial charge on any atom is -0.469 e. The lowest BCUT2D eigenvalue weighted by Gasteiger charge is -2.08. The minimum atomic E-state index is -0.455. The zero-order valence-corrected chi connectivity index (χ0v) is 20.7. The number of aromatic nitrogens is 3. The number of hydrogen-bond donors (Lipinski definition) is 1. The first-order valence-electron chi connectivity index (χ1n) is 10.8. The number of esters is 1. The average molecular weight is 497 g/mol. The number of hydrogen-bond acceptors (Lipinski definition) is 8. The van der Waals surface area contributed by atoms with Crippen molar-refractivity contribution in [2.45, 2.75) is 32.5 Å². The van der Waals surface area contributed by atoms with Gasteiger partial charge >= 0.3 is 5.97 Å². The largest absolute Gasteiger partial charge is 0.469 e. The topological polar surface area (TPSA) is 99.2 Å². The number of benzene rings is 1. The molecule has 3 aromatic heterocycles. The molecule has 34 heavy (non-hydrogen) atoms. The van der Waals surface area contributed by atoms with Gasteiger partial charge in [0.25, 0.3) is 0 Å². The molecule has 0 aliphatic carbocycles. The second-order valence-corrected chi connectivity index (χ2v) is 9.21. The van der Waals surface area contributed by atoms with Crippen molar-refractivity contribution < 1.29 is 18.7 Å². The van der Waals surface area contributed by atoms with Crippen LogP contribution in [0.1, 0.15) is 29.3 Å². The van der Waals surface area contributed by atoms with Crippen molar-refractivity contribution in [1.29, 1.82) is 0 Å². The van der Waals surface area contributed by atoms with E-state index in [1.165, 1.54) is 23.1 Å². The molecule has 1 aromatic carbocycles. The van der Waals surface area contributed by atoms with Crippen molar-refractivity contribution in [1.82, 2.24) is 14.8 Å². The summed E-state index contributed by atoms with van der Waals surface area (Å²) in [6.45, 7) is 6.52. The first kappa shape index (κ1) is 23.8. The van der Waals surface area contributed by atoms with Gasteiger partial charge in [0.1, 0.15) is 10.6 Å². The Labute approximate surface area is 205 Å². The predicted molar refractivity (Wildman–Crippen MR) is 133 cm³/mol. The molecule has 0 atom stereocenters. The van der Waals surface area contributed by atoms with Crippen molar-refractivity contribution in [3.8, 4) is 21.8 Å². The number of thioether (sulfide) groups is 1. The van der Waals surface area contributed by atoms with Crippen LogP contribution < -0.4 is 5.32 Å². The number of thiophene rings is 1. The molecule has 4 rings (SSSR count). The smallest absolute Gasteiger partial charge is 0.350 e. The first-order chi connectivity index (χ1) is 16.5. The van der Waals surface area contributed by atoms with E-state index in [4.69, 9.17) is 9.15 Å². The van der Waals surface area contributed by atoms with Crippen LogP contribution in [0, 0.1) is 6.92 Å². The van der Waals surface area contributed by atoms with Gasteiger partial charge in [0.05, 0.1) is 29.9 Å². The molecule has 1 N–H and O–H groups in total. The highest BCUT2D eigenvalue weighted by molar-refractivity contribution is 7.99. The summed E-state index contributed by atoms with van der Waals surface area (Å²) in [6, 6.07) is 13.4. The summed E-state index contributed by atoms with van der Waals surface area (Å²) in [5.41, 5.74) is 2.28. The zero-order chi connectivity index (χ0) is 24.1. The molecule has 8 nitrogen and oxygen atoms in total. The van der Waals surface area contributed by atoms with E-state index in [1.807, 2.05) is 60.9 Å². The molecule has 4 aromatic rings. The summed E-state index contributed by atoms with van der Waals surface area (Å²) < 4.78 is 12.5. The van der Waals surface area contributed by atoms with E-state index < -0.39 is 5.97 Å². The van der Waals surface area contributed by atoms with E-state index in [0.29, 0.717) is 28.1 Å². The molecule has 176 valence electrons. The van der Waals surface area contributed by atoms with E-state index in [-0.39, 0.29) is 18.3 Å².